The lowest BCUT2D eigenvalue weighted by Gasteiger charge is -2.06. The van der Waals surface area contributed by atoms with Gasteiger partial charge in [-0.1, -0.05) is 12.1 Å². The van der Waals surface area contributed by atoms with E-state index in [0.29, 0.717) is 16.0 Å². The number of para-hydroxylation sites is 1. The Morgan fingerprint density at radius 3 is 2.70 bits per heavy atom. The molecule has 0 saturated carbocycles. The standard InChI is InChI=1S/C22H20N4O3S/c1-14-20(15-7-9-16(29-2)10-8-15)25-22(30-14)24-19(27)11-12-26-13-23-18-6-4-3-5-17(18)21(26)28/h3-10,13H,11-12H2,1-2H3,(H,24,25,27). The minimum Gasteiger partial charge on any atom is -0.497 e. The van der Waals surface area contributed by atoms with Crippen LogP contribution in [0.25, 0.3) is 22.2 Å². The second-order valence-electron chi connectivity index (χ2n) is 6.71. The summed E-state index contributed by atoms with van der Waals surface area (Å²) in [7, 11) is 1.62. The smallest absolute Gasteiger partial charge is 0.261 e. The lowest BCUT2D eigenvalue weighted by Crippen LogP contribution is -2.23. The van der Waals surface area contributed by atoms with Crippen LogP contribution in [0.5, 0.6) is 5.75 Å². The number of hydrogen-bond acceptors (Lipinski definition) is 6. The van der Waals surface area contributed by atoms with Gasteiger partial charge >= 0.3 is 0 Å². The highest BCUT2D eigenvalue weighted by molar-refractivity contribution is 7.16. The van der Waals surface area contributed by atoms with E-state index in [2.05, 4.69) is 15.3 Å². The molecule has 7 nitrogen and oxygen atoms in total. The molecule has 2 aromatic heterocycles. The van der Waals surface area contributed by atoms with Gasteiger partial charge in [-0.25, -0.2) is 9.97 Å². The topological polar surface area (TPSA) is 86.1 Å². The molecule has 0 aliphatic rings. The van der Waals surface area contributed by atoms with Crippen molar-refractivity contribution in [3.05, 3.63) is 70.1 Å². The number of hydrogen-bond donors (Lipinski definition) is 1. The summed E-state index contributed by atoms with van der Waals surface area (Å²) in [5.41, 5.74) is 2.28. The van der Waals surface area contributed by atoms with Crippen molar-refractivity contribution >= 4 is 33.3 Å². The van der Waals surface area contributed by atoms with Crippen molar-refractivity contribution in [2.24, 2.45) is 0 Å². The van der Waals surface area contributed by atoms with Crippen LogP contribution < -0.4 is 15.6 Å². The first-order valence-corrected chi connectivity index (χ1v) is 10.2. The highest BCUT2D eigenvalue weighted by atomic mass is 32.1. The molecule has 1 N–H and O–H groups in total. The molecule has 0 atom stereocenters. The molecule has 0 bridgehead atoms. The van der Waals surface area contributed by atoms with Gasteiger partial charge in [-0.2, -0.15) is 0 Å². The monoisotopic (exact) mass is 420 g/mol. The van der Waals surface area contributed by atoms with Gasteiger partial charge in [0.05, 0.1) is 30.0 Å². The predicted octanol–water partition coefficient (Wildman–Crippen LogP) is 3.87. The maximum atomic E-state index is 12.5. The number of carbonyl (C=O) groups excluding carboxylic acids is 1. The number of nitrogens with zero attached hydrogens (tertiary/aromatic N) is 3. The number of benzene rings is 2. The zero-order valence-electron chi connectivity index (χ0n) is 16.6. The van der Waals surface area contributed by atoms with E-state index in [0.717, 1.165) is 21.9 Å². The minimum atomic E-state index is -0.204. The predicted molar refractivity (Wildman–Crippen MR) is 118 cm³/mol. The lowest BCUT2D eigenvalue weighted by molar-refractivity contribution is -0.116. The van der Waals surface area contributed by atoms with Crippen molar-refractivity contribution in [2.75, 3.05) is 12.4 Å². The van der Waals surface area contributed by atoms with Crippen LogP contribution >= 0.6 is 11.3 Å². The van der Waals surface area contributed by atoms with Gasteiger partial charge in [-0.05, 0) is 43.3 Å². The average molecular weight is 420 g/mol. The van der Waals surface area contributed by atoms with Gasteiger partial charge in [0.2, 0.25) is 5.91 Å². The van der Waals surface area contributed by atoms with Crippen LogP contribution in [0.2, 0.25) is 0 Å². The second-order valence-corrected chi connectivity index (χ2v) is 7.91. The van der Waals surface area contributed by atoms with E-state index in [9.17, 15) is 9.59 Å². The van der Waals surface area contributed by atoms with E-state index in [1.807, 2.05) is 37.3 Å². The van der Waals surface area contributed by atoms with E-state index in [1.165, 1.54) is 22.2 Å². The molecule has 4 rings (SSSR count). The Morgan fingerprint density at radius 2 is 1.93 bits per heavy atom. The molecule has 2 heterocycles. The Hall–Kier alpha value is -3.52. The Kier molecular flexibility index (Phi) is 5.58. The van der Waals surface area contributed by atoms with Crippen LogP contribution in [0, 0.1) is 6.92 Å². The summed E-state index contributed by atoms with van der Waals surface area (Å²) < 4.78 is 6.64. The van der Waals surface area contributed by atoms with Gasteiger partial charge in [0.1, 0.15) is 5.75 Å². The molecule has 8 heteroatoms. The molecule has 0 radical (unpaired) electrons. The molecule has 30 heavy (non-hydrogen) atoms. The van der Waals surface area contributed by atoms with Crippen molar-refractivity contribution in [3.63, 3.8) is 0 Å². The summed E-state index contributed by atoms with van der Waals surface area (Å²) in [5, 5.41) is 3.91. The van der Waals surface area contributed by atoms with Crippen molar-refractivity contribution in [2.45, 2.75) is 19.9 Å². The number of ether oxygens (including phenoxy) is 1. The van der Waals surface area contributed by atoms with E-state index < -0.39 is 0 Å². The number of nitrogens with one attached hydrogen (secondary N) is 1. The van der Waals surface area contributed by atoms with Crippen LogP contribution in [0.15, 0.2) is 59.7 Å². The molecule has 2 aromatic carbocycles. The highest BCUT2D eigenvalue weighted by Gasteiger charge is 2.13. The number of aromatic nitrogens is 3. The van der Waals surface area contributed by atoms with Crippen molar-refractivity contribution in [1.29, 1.82) is 0 Å². The third-order valence-electron chi connectivity index (χ3n) is 4.72. The van der Waals surface area contributed by atoms with Crippen molar-refractivity contribution in [1.82, 2.24) is 14.5 Å². The Morgan fingerprint density at radius 1 is 1.17 bits per heavy atom. The van der Waals surface area contributed by atoms with Crippen LogP contribution in [0.3, 0.4) is 0 Å². The van der Waals surface area contributed by atoms with Crippen LogP contribution in [-0.4, -0.2) is 27.6 Å². The molecule has 4 aromatic rings. The fourth-order valence-corrected chi connectivity index (χ4v) is 3.99. The summed E-state index contributed by atoms with van der Waals surface area (Å²) in [6.45, 7) is 2.21. The molecule has 0 saturated heterocycles. The van der Waals surface area contributed by atoms with Gasteiger partial charge in [0, 0.05) is 23.4 Å². The van der Waals surface area contributed by atoms with Gasteiger partial charge in [0.25, 0.3) is 5.56 Å². The maximum Gasteiger partial charge on any atom is 0.261 e. The zero-order valence-corrected chi connectivity index (χ0v) is 17.4. The summed E-state index contributed by atoms with van der Waals surface area (Å²) >= 11 is 1.42. The lowest BCUT2D eigenvalue weighted by atomic mass is 10.1. The van der Waals surface area contributed by atoms with Crippen molar-refractivity contribution < 1.29 is 9.53 Å². The Labute approximate surface area is 177 Å². The zero-order chi connectivity index (χ0) is 21.1. The maximum absolute atomic E-state index is 12.5. The molecule has 1 amide bonds. The molecular formula is C22H20N4O3S. The largest absolute Gasteiger partial charge is 0.497 e. The first-order valence-electron chi connectivity index (χ1n) is 9.41. The van der Waals surface area contributed by atoms with Gasteiger partial charge in [-0.15, -0.1) is 11.3 Å². The van der Waals surface area contributed by atoms with E-state index in [-0.39, 0.29) is 24.4 Å². The molecule has 152 valence electrons. The SMILES string of the molecule is COc1ccc(-c2nc(NC(=O)CCn3cnc4ccccc4c3=O)sc2C)cc1. The van der Waals surface area contributed by atoms with Gasteiger partial charge in [0.15, 0.2) is 5.13 Å². The summed E-state index contributed by atoms with van der Waals surface area (Å²) in [4.78, 5) is 34.8. The average Bonchev–Trinajstić information content (AvgIpc) is 3.13. The third-order valence-corrected chi connectivity index (χ3v) is 5.60. The first kappa shape index (κ1) is 19.8. The third kappa shape index (κ3) is 4.08. The summed E-state index contributed by atoms with van der Waals surface area (Å²) in [6.07, 6.45) is 1.63. The summed E-state index contributed by atoms with van der Waals surface area (Å²) in [5.74, 6) is 0.573. The van der Waals surface area contributed by atoms with E-state index in [4.69, 9.17) is 4.74 Å². The number of aryl methyl sites for hydroxylation is 2. The van der Waals surface area contributed by atoms with E-state index in [1.54, 1.807) is 25.3 Å². The first-order chi connectivity index (χ1) is 14.5. The summed E-state index contributed by atoms with van der Waals surface area (Å²) in [6, 6.07) is 14.8. The van der Waals surface area contributed by atoms with Gasteiger partial charge < -0.3 is 10.1 Å². The van der Waals surface area contributed by atoms with Crippen LogP contribution in [0.1, 0.15) is 11.3 Å². The fourth-order valence-electron chi connectivity index (χ4n) is 3.14. The fraction of sp³-hybridized carbons (Fsp3) is 0.182. The van der Waals surface area contributed by atoms with E-state index >= 15 is 0 Å². The second kappa shape index (κ2) is 8.46. The van der Waals surface area contributed by atoms with Crippen LogP contribution in [-0.2, 0) is 11.3 Å². The normalized spacial score (nSPS) is 10.9. The van der Waals surface area contributed by atoms with Crippen molar-refractivity contribution in [3.8, 4) is 17.0 Å². The van der Waals surface area contributed by atoms with Crippen LogP contribution in [0.4, 0.5) is 5.13 Å². The number of amides is 1. The molecular weight excluding hydrogens is 400 g/mol. The molecule has 0 aliphatic heterocycles. The molecule has 0 fully saturated rings. The molecule has 0 spiro atoms. The number of carbonyl (C=O) groups is 1. The quantitative estimate of drug-likeness (QED) is 0.512. The Bertz CT molecular complexity index is 1260. The molecule has 0 aliphatic carbocycles. The number of anilines is 1. The highest BCUT2D eigenvalue weighted by Crippen LogP contribution is 2.31. The number of thiazole rings is 1. The Balaban J connectivity index is 1.43. The number of methoxy groups -OCH3 is 1. The molecule has 0 unspecified atom stereocenters. The number of fused-ring (bicyclic) bond motifs is 1. The minimum absolute atomic E-state index is 0.149. The van der Waals surface area contributed by atoms with Gasteiger partial charge in [-0.3, -0.25) is 14.2 Å². The number of rotatable bonds is 6.